The number of benzene rings is 1. The molecule has 23 heavy (non-hydrogen) atoms. The Morgan fingerprint density at radius 1 is 1.26 bits per heavy atom. The van der Waals surface area contributed by atoms with E-state index in [0.717, 1.165) is 36.9 Å². The lowest BCUT2D eigenvalue weighted by molar-refractivity contribution is -0.128. The van der Waals surface area contributed by atoms with Crippen molar-refractivity contribution in [2.45, 2.75) is 45.8 Å². The molecule has 0 spiro atoms. The maximum Gasteiger partial charge on any atom is 0.260 e. The quantitative estimate of drug-likeness (QED) is 0.818. The number of nitrogens with one attached hydrogen (secondary N) is 1. The fourth-order valence-electron chi connectivity index (χ4n) is 2.87. The van der Waals surface area contributed by atoms with Crippen LogP contribution in [0.15, 0.2) is 28.7 Å². The predicted molar refractivity (Wildman–Crippen MR) is 96.7 cm³/mol. The predicted octanol–water partition coefficient (Wildman–Crippen LogP) is 3.45. The molecule has 0 radical (unpaired) electrons. The molecule has 1 atom stereocenters. The molecule has 1 aliphatic heterocycles. The van der Waals surface area contributed by atoms with Crippen molar-refractivity contribution in [2.24, 2.45) is 5.92 Å². The zero-order valence-corrected chi connectivity index (χ0v) is 15.8. The van der Waals surface area contributed by atoms with Crippen molar-refractivity contribution in [1.82, 2.24) is 10.2 Å². The molecule has 128 valence electrons. The van der Waals surface area contributed by atoms with Crippen LogP contribution in [0.25, 0.3) is 0 Å². The van der Waals surface area contributed by atoms with E-state index in [2.05, 4.69) is 40.0 Å². The highest BCUT2D eigenvalue weighted by atomic mass is 79.9. The average molecular weight is 383 g/mol. The molecule has 2 rings (SSSR count). The van der Waals surface area contributed by atoms with Gasteiger partial charge in [0.1, 0.15) is 5.75 Å². The molecule has 1 saturated heterocycles. The van der Waals surface area contributed by atoms with Gasteiger partial charge in [-0.2, -0.15) is 0 Å². The summed E-state index contributed by atoms with van der Waals surface area (Å²) in [5.74, 6) is 1.37. The lowest BCUT2D eigenvalue weighted by Crippen LogP contribution is -2.48. The summed E-state index contributed by atoms with van der Waals surface area (Å²) in [6.07, 6.45) is 1.55. The number of amides is 1. The molecule has 4 nitrogen and oxygen atoms in total. The van der Waals surface area contributed by atoms with Crippen molar-refractivity contribution in [3.63, 3.8) is 0 Å². The average Bonchev–Trinajstić information content (AvgIpc) is 2.51. The molecular weight excluding hydrogens is 356 g/mol. The fraction of sp³-hybridized carbons (Fsp3) is 0.611. The summed E-state index contributed by atoms with van der Waals surface area (Å²) >= 11 is 3.39. The van der Waals surface area contributed by atoms with E-state index in [4.69, 9.17) is 4.74 Å². The van der Waals surface area contributed by atoms with Gasteiger partial charge in [0.15, 0.2) is 6.10 Å². The first kappa shape index (κ1) is 18.3. The van der Waals surface area contributed by atoms with Crippen molar-refractivity contribution in [3.05, 3.63) is 28.7 Å². The van der Waals surface area contributed by atoms with Crippen LogP contribution in [0.3, 0.4) is 0 Å². The molecule has 0 aliphatic carbocycles. The number of carbonyl (C=O) groups excluding carboxylic acids is 1. The van der Waals surface area contributed by atoms with E-state index in [1.807, 2.05) is 24.3 Å². The maximum absolute atomic E-state index is 12.3. The standard InChI is InChI=1S/C18H27BrN2O2/c1-13(2)12-21-10-8-16(9-11-21)20-18(22)14(3)23-17-6-4-15(19)5-7-17/h4-7,13-14,16H,8-12H2,1-3H3,(H,20,22). The molecule has 0 bridgehead atoms. The number of hydrogen-bond donors (Lipinski definition) is 1. The Morgan fingerprint density at radius 3 is 2.43 bits per heavy atom. The molecule has 1 unspecified atom stereocenters. The third kappa shape index (κ3) is 6.15. The van der Waals surface area contributed by atoms with Gasteiger partial charge < -0.3 is 15.0 Å². The lowest BCUT2D eigenvalue weighted by atomic mass is 10.0. The van der Waals surface area contributed by atoms with Gasteiger partial charge in [-0.15, -0.1) is 0 Å². The van der Waals surface area contributed by atoms with Crippen molar-refractivity contribution < 1.29 is 9.53 Å². The van der Waals surface area contributed by atoms with Gasteiger partial charge in [0.2, 0.25) is 0 Å². The largest absolute Gasteiger partial charge is 0.481 e. The van der Waals surface area contributed by atoms with Gasteiger partial charge in [-0.3, -0.25) is 4.79 Å². The summed E-state index contributed by atoms with van der Waals surface area (Å²) < 4.78 is 6.70. The van der Waals surface area contributed by atoms with Crippen LogP contribution in [0.2, 0.25) is 0 Å². The first-order chi connectivity index (χ1) is 10.9. The molecule has 1 fully saturated rings. The Kier molecular flexibility index (Phi) is 6.90. The van der Waals surface area contributed by atoms with Crippen molar-refractivity contribution in [1.29, 1.82) is 0 Å². The van der Waals surface area contributed by atoms with Crippen LogP contribution in [-0.4, -0.2) is 42.6 Å². The summed E-state index contributed by atoms with van der Waals surface area (Å²) in [5.41, 5.74) is 0. The summed E-state index contributed by atoms with van der Waals surface area (Å²) in [6, 6.07) is 7.80. The van der Waals surface area contributed by atoms with Crippen LogP contribution in [0.1, 0.15) is 33.6 Å². The van der Waals surface area contributed by atoms with Gasteiger partial charge in [-0.25, -0.2) is 0 Å². The summed E-state index contributed by atoms with van der Waals surface area (Å²) in [6.45, 7) is 9.55. The second-order valence-electron chi connectivity index (χ2n) is 6.69. The summed E-state index contributed by atoms with van der Waals surface area (Å²) in [7, 11) is 0. The second kappa shape index (κ2) is 8.69. The Labute approximate surface area is 147 Å². The minimum atomic E-state index is -0.482. The minimum absolute atomic E-state index is 0.0322. The highest BCUT2D eigenvalue weighted by Gasteiger charge is 2.23. The SMILES string of the molecule is CC(C)CN1CCC(NC(=O)C(C)Oc2ccc(Br)cc2)CC1. The number of hydrogen-bond acceptors (Lipinski definition) is 3. The Balaban J connectivity index is 1.75. The maximum atomic E-state index is 12.3. The summed E-state index contributed by atoms with van der Waals surface area (Å²) in [4.78, 5) is 14.8. The van der Waals surface area contributed by atoms with Crippen LogP contribution in [0.4, 0.5) is 0 Å². The Bertz CT molecular complexity index is 496. The van der Waals surface area contributed by atoms with Crippen LogP contribution in [-0.2, 0) is 4.79 Å². The van der Waals surface area contributed by atoms with Crippen LogP contribution in [0, 0.1) is 5.92 Å². The molecule has 1 aliphatic rings. The topological polar surface area (TPSA) is 41.6 Å². The minimum Gasteiger partial charge on any atom is -0.481 e. The van der Waals surface area contributed by atoms with Gasteiger partial charge in [-0.1, -0.05) is 29.8 Å². The zero-order valence-electron chi connectivity index (χ0n) is 14.2. The van der Waals surface area contributed by atoms with E-state index >= 15 is 0 Å². The molecule has 0 aromatic heterocycles. The highest BCUT2D eigenvalue weighted by Crippen LogP contribution is 2.18. The molecular formula is C18H27BrN2O2. The number of likely N-dealkylation sites (tertiary alicyclic amines) is 1. The Morgan fingerprint density at radius 2 is 1.87 bits per heavy atom. The molecule has 1 N–H and O–H groups in total. The number of nitrogens with zero attached hydrogens (tertiary/aromatic N) is 1. The van der Waals surface area contributed by atoms with E-state index in [-0.39, 0.29) is 11.9 Å². The monoisotopic (exact) mass is 382 g/mol. The molecule has 0 saturated carbocycles. The van der Waals surface area contributed by atoms with Crippen molar-refractivity contribution in [2.75, 3.05) is 19.6 Å². The van der Waals surface area contributed by atoms with Crippen LogP contribution in [0.5, 0.6) is 5.75 Å². The smallest absolute Gasteiger partial charge is 0.260 e. The third-order valence-electron chi connectivity index (χ3n) is 4.05. The number of halogens is 1. The van der Waals surface area contributed by atoms with E-state index < -0.39 is 6.10 Å². The van der Waals surface area contributed by atoms with E-state index in [0.29, 0.717) is 11.7 Å². The van der Waals surface area contributed by atoms with Gasteiger partial charge in [0, 0.05) is 30.1 Å². The second-order valence-corrected chi connectivity index (χ2v) is 7.61. The zero-order chi connectivity index (χ0) is 16.8. The summed E-state index contributed by atoms with van der Waals surface area (Å²) in [5, 5.41) is 3.12. The lowest BCUT2D eigenvalue weighted by Gasteiger charge is -2.33. The van der Waals surface area contributed by atoms with E-state index in [1.165, 1.54) is 0 Å². The molecule has 1 amide bonds. The van der Waals surface area contributed by atoms with E-state index in [1.54, 1.807) is 6.92 Å². The van der Waals surface area contributed by atoms with Gasteiger partial charge in [0.25, 0.3) is 5.91 Å². The van der Waals surface area contributed by atoms with E-state index in [9.17, 15) is 4.79 Å². The number of ether oxygens (including phenoxy) is 1. The van der Waals surface area contributed by atoms with Crippen molar-refractivity contribution >= 4 is 21.8 Å². The molecule has 1 aromatic carbocycles. The normalized spacial score (nSPS) is 18.0. The van der Waals surface area contributed by atoms with Gasteiger partial charge >= 0.3 is 0 Å². The number of rotatable bonds is 6. The molecule has 1 heterocycles. The van der Waals surface area contributed by atoms with Crippen LogP contribution >= 0.6 is 15.9 Å². The van der Waals surface area contributed by atoms with Crippen molar-refractivity contribution in [3.8, 4) is 5.75 Å². The number of carbonyl (C=O) groups is 1. The number of piperidine rings is 1. The fourth-order valence-corrected chi connectivity index (χ4v) is 3.13. The third-order valence-corrected chi connectivity index (χ3v) is 4.58. The first-order valence-corrected chi connectivity index (χ1v) is 9.18. The van der Waals surface area contributed by atoms with Gasteiger partial charge in [-0.05, 0) is 49.9 Å². The van der Waals surface area contributed by atoms with Gasteiger partial charge in [0.05, 0.1) is 0 Å². The molecule has 1 aromatic rings. The first-order valence-electron chi connectivity index (χ1n) is 8.39. The Hall–Kier alpha value is -1.07. The highest BCUT2D eigenvalue weighted by molar-refractivity contribution is 9.10. The van der Waals surface area contributed by atoms with Crippen LogP contribution < -0.4 is 10.1 Å². The molecule has 5 heteroatoms.